The molecule has 26 heavy (non-hydrogen) atoms. The van der Waals surface area contributed by atoms with Gasteiger partial charge in [0.15, 0.2) is 0 Å². The number of nitrogens with zero attached hydrogens (tertiary/aromatic N) is 1. The maximum absolute atomic E-state index is 13.7. The van der Waals surface area contributed by atoms with E-state index in [2.05, 4.69) is 13.2 Å². The minimum atomic E-state index is -6.48. The molecule has 0 aromatic carbocycles. The van der Waals surface area contributed by atoms with E-state index in [9.17, 15) is 35.8 Å². The standard InChI is InChI=1S/C17H22F7NO/c1-4-6-12-8-11(3)9-13(7-5-2)25(12)10-14(26)15(18,19)16(20,21)17(22,23)24/h4-5,8,12-14,26H,1-2,6-7,9-10H2,3H3/t12-,13+,14-/m1/s1. The average Bonchev–Trinajstić information content (AvgIpc) is 2.49. The van der Waals surface area contributed by atoms with E-state index in [1.165, 1.54) is 17.1 Å². The zero-order valence-corrected chi connectivity index (χ0v) is 14.2. The van der Waals surface area contributed by atoms with Crippen molar-refractivity contribution in [1.29, 1.82) is 0 Å². The maximum atomic E-state index is 13.7. The van der Waals surface area contributed by atoms with Gasteiger partial charge in [-0.25, -0.2) is 0 Å². The summed E-state index contributed by atoms with van der Waals surface area (Å²) in [4.78, 5) is 1.31. The molecule has 0 aliphatic carbocycles. The van der Waals surface area contributed by atoms with Crippen LogP contribution in [0.1, 0.15) is 26.2 Å². The van der Waals surface area contributed by atoms with Crippen LogP contribution in [0.2, 0.25) is 0 Å². The maximum Gasteiger partial charge on any atom is 0.459 e. The molecule has 0 saturated carbocycles. The summed E-state index contributed by atoms with van der Waals surface area (Å²) in [6, 6.07) is -0.997. The van der Waals surface area contributed by atoms with Crippen LogP contribution in [0.15, 0.2) is 37.0 Å². The highest BCUT2D eigenvalue weighted by atomic mass is 19.4. The van der Waals surface area contributed by atoms with Crippen molar-refractivity contribution in [3.8, 4) is 0 Å². The van der Waals surface area contributed by atoms with Crippen molar-refractivity contribution in [1.82, 2.24) is 4.90 Å². The van der Waals surface area contributed by atoms with Crippen molar-refractivity contribution in [3.63, 3.8) is 0 Å². The van der Waals surface area contributed by atoms with Crippen molar-refractivity contribution < 1.29 is 35.8 Å². The fraction of sp³-hybridized carbons (Fsp3) is 0.647. The number of β-amino-alcohol motifs (C(OH)–C–C–N with tert-alkyl or cyclic N) is 1. The lowest BCUT2D eigenvalue weighted by Crippen LogP contribution is -2.61. The highest BCUT2D eigenvalue weighted by molar-refractivity contribution is 5.15. The lowest BCUT2D eigenvalue weighted by Gasteiger charge is -2.43. The smallest absolute Gasteiger partial charge is 0.385 e. The monoisotopic (exact) mass is 389 g/mol. The zero-order valence-electron chi connectivity index (χ0n) is 14.2. The van der Waals surface area contributed by atoms with Crippen molar-refractivity contribution in [3.05, 3.63) is 37.0 Å². The summed E-state index contributed by atoms with van der Waals surface area (Å²) in [5, 5.41) is 9.62. The summed E-state index contributed by atoms with van der Waals surface area (Å²) < 4.78 is 90.8. The summed E-state index contributed by atoms with van der Waals surface area (Å²) in [6.07, 6.45) is -4.04. The molecule has 0 amide bonds. The molecule has 1 heterocycles. The van der Waals surface area contributed by atoms with E-state index < -0.39 is 42.8 Å². The van der Waals surface area contributed by atoms with E-state index in [-0.39, 0.29) is 6.42 Å². The van der Waals surface area contributed by atoms with Crippen LogP contribution in [0, 0.1) is 0 Å². The first-order valence-electron chi connectivity index (χ1n) is 7.94. The fourth-order valence-electron chi connectivity index (χ4n) is 3.03. The fourth-order valence-corrected chi connectivity index (χ4v) is 3.03. The van der Waals surface area contributed by atoms with Crippen LogP contribution in [0.25, 0.3) is 0 Å². The third-order valence-corrected chi connectivity index (χ3v) is 4.35. The Kier molecular flexibility index (Phi) is 7.09. The number of halogens is 7. The summed E-state index contributed by atoms with van der Waals surface area (Å²) in [5.74, 6) is -12.0. The van der Waals surface area contributed by atoms with E-state index in [0.29, 0.717) is 12.8 Å². The number of hydrogen-bond donors (Lipinski definition) is 1. The Morgan fingerprint density at radius 1 is 1.15 bits per heavy atom. The van der Waals surface area contributed by atoms with Gasteiger partial charge in [0.2, 0.25) is 0 Å². The first kappa shape index (κ1) is 22.7. The van der Waals surface area contributed by atoms with E-state index in [0.717, 1.165) is 5.57 Å². The molecule has 0 radical (unpaired) electrons. The van der Waals surface area contributed by atoms with Crippen LogP contribution in [0.3, 0.4) is 0 Å². The van der Waals surface area contributed by atoms with Gasteiger partial charge in [-0.1, -0.05) is 23.8 Å². The van der Waals surface area contributed by atoms with Gasteiger partial charge >= 0.3 is 18.0 Å². The number of hydrogen-bond acceptors (Lipinski definition) is 2. The molecular weight excluding hydrogens is 367 g/mol. The molecule has 0 aromatic heterocycles. The second kappa shape index (κ2) is 8.12. The van der Waals surface area contributed by atoms with Gasteiger partial charge in [0.25, 0.3) is 0 Å². The Morgan fingerprint density at radius 3 is 2.15 bits per heavy atom. The molecule has 3 atom stereocenters. The minimum Gasteiger partial charge on any atom is -0.385 e. The number of alkyl halides is 7. The van der Waals surface area contributed by atoms with Crippen molar-refractivity contribution in [2.24, 2.45) is 0 Å². The van der Waals surface area contributed by atoms with Crippen molar-refractivity contribution >= 4 is 0 Å². The van der Waals surface area contributed by atoms with Crippen LogP contribution in [0.4, 0.5) is 30.7 Å². The molecule has 9 heteroatoms. The molecule has 1 N–H and O–H groups in total. The molecule has 0 saturated heterocycles. The molecular formula is C17H22F7NO. The molecule has 0 fully saturated rings. The molecule has 0 aromatic rings. The predicted octanol–water partition coefficient (Wildman–Crippen LogP) is 4.72. The third-order valence-electron chi connectivity index (χ3n) is 4.35. The van der Waals surface area contributed by atoms with Crippen LogP contribution in [-0.4, -0.2) is 52.8 Å². The van der Waals surface area contributed by atoms with Gasteiger partial charge in [0, 0.05) is 18.6 Å². The quantitative estimate of drug-likeness (QED) is 0.480. The number of aliphatic hydroxyl groups is 1. The minimum absolute atomic E-state index is 0.263. The number of rotatable bonds is 8. The predicted molar refractivity (Wildman–Crippen MR) is 84.2 cm³/mol. The summed E-state index contributed by atoms with van der Waals surface area (Å²) in [5.41, 5.74) is 0.918. The molecule has 150 valence electrons. The second-order valence-corrected chi connectivity index (χ2v) is 6.39. The van der Waals surface area contributed by atoms with E-state index >= 15 is 0 Å². The SMILES string of the molecule is C=CC[C@H]1CC(C)=C[C@@H](CC=C)N1C[C@@H](O)C(F)(F)C(F)(F)C(F)(F)F. The van der Waals surface area contributed by atoms with Crippen molar-refractivity contribution in [2.45, 2.75) is 62.4 Å². The Balaban J connectivity index is 3.14. The van der Waals surface area contributed by atoms with Crippen LogP contribution in [0.5, 0.6) is 0 Å². The van der Waals surface area contributed by atoms with Gasteiger partial charge in [-0.2, -0.15) is 30.7 Å². The molecule has 0 spiro atoms. The normalized spacial score (nSPS) is 24.1. The van der Waals surface area contributed by atoms with E-state index in [1.807, 2.05) is 0 Å². The first-order valence-corrected chi connectivity index (χ1v) is 7.94. The Bertz CT molecular complexity index is 542. The van der Waals surface area contributed by atoms with E-state index in [4.69, 9.17) is 0 Å². The van der Waals surface area contributed by atoms with Gasteiger partial charge < -0.3 is 5.11 Å². The largest absolute Gasteiger partial charge is 0.459 e. The van der Waals surface area contributed by atoms with Gasteiger partial charge in [-0.3, -0.25) is 4.90 Å². The topological polar surface area (TPSA) is 23.5 Å². The third kappa shape index (κ3) is 4.49. The lowest BCUT2D eigenvalue weighted by atomic mass is 9.91. The van der Waals surface area contributed by atoms with Crippen LogP contribution >= 0.6 is 0 Å². The molecule has 1 aliphatic heterocycles. The molecule has 0 unspecified atom stereocenters. The van der Waals surface area contributed by atoms with Gasteiger partial charge in [0.05, 0.1) is 0 Å². The van der Waals surface area contributed by atoms with Crippen LogP contribution in [-0.2, 0) is 0 Å². The lowest BCUT2D eigenvalue weighted by molar-refractivity contribution is -0.371. The zero-order chi connectivity index (χ0) is 20.3. The van der Waals surface area contributed by atoms with Gasteiger partial charge in [-0.15, -0.1) is 13.2 Å². The summed E-state index contributed by atoms with van der Waals surface area (Å²) in [6.45, 7) is 7.82. The summed E-state index contributed by atoms with van der Waals surface area (Å²) >= 11 is 0. The average molecular weight is 389 g/mol. The number of aliphatic hydroxyl groups excluding tert-OH is 1. The van der Waals surface area contributed by atoms with E-state index in [1.54, 1.807) is 13.0 Å². The van der Waals surface area contributed by atoms with Gasteiger partial charge in [0.1, 0.15) is 6.10 Å². The van der Waals surface area contributed by atoms with Crippen LogP contribution < -0.4 is 0 Å². The first-order chi connectivity index (χ1) is 11.8. The van der Waals surface area contributed by atoms with Gasteiger partial charge in [-0.05, 0) is 26.2 Å². The molecule has 1 rings (SSSR count). The highest BCUT2D eigenvalue weighted by Crippen LogP contribution is 2.48. The second-order valence-electron chi connectivity index (χ2n) is 6.39. The molecule has 0 bridgehead atoms. The molecule has 1 aliphatic rings. The summed E-state index contributed by atoms with van der Waals surface area (Å²) in [7, 11) is 0. The van der Waals surface area contributed by atoms with Crippen molar-refractivity contribution in [2.75, 3.05) is 6.54 Å². The Labute approximate surface area is 147 Å². The Morgan fingerprint density at radius 2 is 1.69 bits per heavy atom. The molecule has 2 nitrogen and oxygen atoms in total. The highest BCUT2D eigenvalue weighted by Gasteiger charge is 2.75. The Hall–Kier alpha value is -1.35.